The van der Waals surface area contributed by atoms with Crippen LogP contribution in [0, 0.1) is 18.7 Å². The van der Waals surface area contributed by atoms with Crippen LogP contribution in [0.4, 0.5) is 4.39 Å². The molecule has 5 heteroatoms. The molecular weight excluding hydrogens is 353 g/mol. The molecule has 0 spiro atoms. The third-order valence-electron chi connectivity index (χ3n) is 5.87. The van der Waals surface area contributed by atoms with Crippen LogP contribution in [0.3, 0.4) is 0 Å². The summed E-state index contributed by atoms with van der Waals surface area (Å²) in [6.45, 7) is 5.95. The van der Waals surface area contributed by atoms with E-state index in [0.717, 1.165) is 43.1 Å². The molecule has 3 aromatic rings. The lowest BCUT2D eigenvalue weighted by Crippen LogP contribution is -2.34. The molecule has 0 unspecified atom stereocenters. The molecule has 1 aliphatic rings. The van der Waals surface area contributed by atoms with Gasteiger partial charge in [0.1, 0.15) is 17.4 Å². The Morgan fingerprint density at radius 1 is 1.11 bits per heavy atom. The van der Waals surface area contributed by atoms with Crippen molar-refractivity contribution in [2.45, 2.75) is 32.7 Å². The molecule has 2 heterocycles. The summed E-state index contributed by atoms with van der Waals surface area (Å²) in [5.41, 5.74) is 3.61. The third kappa shape index (κ3) is 4.20. The fourth-order valence-corrected chi connectivity index (χ4v) is 4.16. The van der Waals surface area contributed by atoms with Crippen molar-refractivity contribution in [3.8, 4) is 5.75 Å². The Labute approximate surface area is 165 Å². The summed E-state index contributed by atoms with van der Waals surface area (Å²) in [7, 11) is 2.12. The number of halogens is 1. The van der Waals surface area contributed by atoms with E-state index in [0.29, 0.717) is 12.5 Å². The lowest BCUT2D eigenvalue weighted by Gasteiger charge is -2.31. The van der Waals surface area contributed by atoms with Gasteiger partial charge in [-0.05, 0) is 81.1 Å². The minimum Gasteiger partial charge on any atom is -0.494 e. The molecule has 148 valence electrons. The van der Waals surface area contributed by atoms with Crippen molar-refractivity contribution in [3.05, 3.63) is 59.7 Å². The number of likely N-dealkylation sites (tertiary alicyclic amines) is 1. The van der Waals surface area contributed by atoms with E-state index in [4.69, 9.17) is 9.72 Å². The van der Waals surface area contributed by atoms with Crippen LogP contribution in [0.2, 0.25) is 0 Å². The lowest BCUT2D eigenvalue weighted by molar-refractivity contribution is 0.154. The molecule has 0 atom stereocenters. The highest BCUT2D eigenvalue weighted by atomic mass is 19.1. The first kappa shape index (κ1) is 18.9. The van der Waals surface area contributed by atoms with Gasteiger partial charge in [0.25, 0.3) is 0 Å². The fraction of sp³-hybridized carbons (Fsp3) is 0.435. The van der Waals surface area contributed by atoms with Gasteiger partial charge in [-0.2, -0.15) is 0 Å². The number of para-hydroxylation sites is 1. The van der Waals surface area contributed by atoms with Crippen LogP contribution in [0.25, 0.3) is 11.0 Å². The largest absolute Gasteiger partial charge is 0.494 e. The number of nitrogens with zero attached hydrogens (tertiary/aromatic N) is 3. The Balaban J connectivity index is 1.26. The van der Waals surface area contributed by atoms with E-state index >= 15 is 0 Å². The molecule has 0 bridgehead atoms. The number of aromatic nitrogens is 2. The minimum absolute atomic E-state index is 0.226. The second kappa shape index (κ2) is 8.31. The van der Waals surface area contributed by atoms with E-state index in [1.165, 1.54) is 36.1 Å². The SMILES string of the molecule is Cc1cccc2nc(CN3CCC(CCOc4ccc(F)cc4)CC3)n(C)c12. The van der Waals surface area contributed by atoms with Crippen molar-refractivity contribution in [3.63, 3.8) is 0 Å². The summed E-state index contributed by atoms with van der Waals surface area (Å²) in [5, 5.41) is 0. The highest BCUT2D eigenvalue weighted by molar-refractivity contribution is 5.79. The maximum absolute atomic E-state index is 12.9. The normalized spacial score (nSPS) is 16.0. The third-order valence-corrected chi connectivity index (χ3v) is 5.87. The first-order valence-corrected chi connectivity index (χ1v) is 10.1. The van der Waals surface area contributed by atoms with E-state index in [2.05, 4.69) is 41.6 Å². The Kier molecular flexibility index (Phi) is 5.62. The summed E-state index contributed by atoms with van der Waals surface area (Å²) in [6.07, 6.45) is 3.43. The summed E-state index contributed by atoms with van der Waals surface area (Å²) in [4.78, 5) is 7.36. The first-order valence-electron chi connectivity index (χ1n) is 10.1. The number of piperidine rings is 1. The van der Waals surface area contributed by atoms with Gasteiger partial charge in [-0.1, -0.05) is 12.1 Å². The first-order chi connectivity index (χ1) is 13.6. The van der Waals surface area contributed by atoms with Gasteiger partial charge in [-0.3, -0.25) is 4.90 Å². The zero-order valence-corrected chi connectivity index (χ0v) is 16.7. The highest BCUT2D eigenvalue weighted by Gasteiger charge is 2.21. The van der Waals surface area contributed by atoms with Crippen LogP contribution < -0.4 is 4.74 Å². The maximum Gasteiger partial charge on any atom is 0.123 e. The van der Waals surface area contributed by atoms with Crippen molar-refractivity contribution in [2.24, 2.45) is 13.0 Å². The van der Waals surface area contributed by atoms with E-state index < -0.39 is 0 Å². The van der Waals surface area contributed by atoms with Gasteiger partial charge in [0.15, 0.2) is 0 Å². The standard InChI is InChI=1S/C23H28FN3O/c1-17-4-3-5-21-23(17)26(2)22(25-21)16-27-13-10-18(11-14-27)12-15-28-20-8-6-19(24)7-9-20/h3-9,18H,10-16H2,1-2H3. The summed E-state index contributed by atoms with van der Waals surface area (Å²) in [6, 6.07) is 12.6. The van der Waals surface area contributed by atoms with Crippen molar-refractivity contribution < 1.29 is 9.13 Å². The van der Waals surface area contributed by atoms with Gasteiger partial charge in [0.05, 0.1) is 24.2 Å². The summed E-state index contributed by atoms with van der Waals surface area (Å²) < 4.78 is 20.9. The van der Waals surface area contributed by atoms with E-state index in [1.54, 1.807) is 12.1 Å². The zero-order chi connectivity index (χ0) is 19.5. The fourth-order valence-electron chi connectivity index (χ4n) is 4.16. The Hall–Kier alpha value is -2.40. The number of ether oxygens (including phenoxy) is 1. The van der Waals surface area contributed by atoms with E-state index in [9.17, 15) is 4.39 Å². The van der Waals surface area contributed by atoms with Crippen LogP contribution in [-0.2, 0) is 13.6 Å². The van der Waals surface area contributed by atoms with Crippen molar-refractivity contribution in [2.75, 3.05) is 19.7 Å². The number of imidazole rings is 1. The number of fused-ring (bicyclic) bond motifs is 1. The maximum atomic E-state index is 12.9. The average Bonchev–Trinajstić information content (AvgIpc) is 3.01. The molecular formula is C23H28FN3O. The van der Waals surface area contributed by atoms with Gasteiger partial charge in [-0.15, -0.1) is 0 Å². The van der Waals surface area contributed by atoms with Crippen molar-refractivity contribution in [1.82, 2.24) is 14.5 Å². The van der Waals surface area contributed by atoms with Gasteiger partial charge in [-0.25, -0.2) is 9.37 Å². The highest BCUT2D eigenvalue weighted by Crippen LogP contribution is 2.24. The van der Waals surface area contributed by atoms with E-state index in [-0.39, 0.29) is 5.82 Å². The van der Waals surface area contributed by atoms with Crippen LogP contribution in [0.1, 0.15) is 30.7 Å². The molecule has 1 fully saturated rings. The Morgan fingerprint density at radius 3 is 2.57 bits per heavy atom. The molecule has 0 amide bonds. The quantitative estimate of drug-likeness (QED) is 0.620. The Morgan fingerprint density at radius 2 is 1.86 bits per heavy atom. The van der Waals surface area contributed by atoms with Gasteiger partial charge in [0.2, 0.25) is 0 Å². The molecule has 4 rings (SSSR count). The average molecular weight is 381 g/mol. The zero-order valence-electron chi connectivity index (χ0n) is 16.7. The molecule has 1 aromatic heterocycles. The summed E-state index contributed by atoms with van der Waals surface area (Å²) in [5.74, 6) is 2.35. The molecule has 1 aliphatic heterocycles. The van der Waals surface area contributed by atoms with Gasteiger partial charge in [0, 0.05) is 7.05 Å². The van der Waals surface area contributed by atoms with E-state index in [1.807, 2.05) is 0 Å². The molecule has 2 aromatic carbocycles. The van der Waals surface area contributed by atoms with Gasteiger partial charge < -0.3 is 9.30 Å². The van der Waals surface area contributed by atoms with Crippen molar-refractivity contribution >= 4 is 11.0 Å². The second-order valence-electron chi connectivity index (χ2n) is 7.84. The number of rotatable bonds is 6. The second-order valence-corrected chi connectivity index (χ2v) is 7.84. The lowest BCUT2D eigenvalue weighted by atomic mass is 9.94. The van der Waals surface area contributed by atoms with Crippen LogP contribution in [-0.4, -0.2) is 34.1 Å². The molecule has 0 aliphatic carbocycles. The molecule has 0 N–H and O–H groups in total. The number of hydrogen-bond acceptors (Lipinski definition) is 3. The van der Waals surface area contributed by atoms with Crippen LogP contribution in [0.5, 0.6) is 5.75 Å². The van der Waals surface area contributed by atoms with Crippen LogP contribution >= 0.6 is 0 Å². The predicted octanol–water partition coefficient (Wildman–Crippen LogP) is 4.70. The molecule has 28 heavy (non-hydrogen) atoms. The summed E-state index contributed by atoms with van der Waals surface area (Å²) >= 11 is 0. The molecule has 4 nitrogen and oxygen atoms in total. The van der Waals surface area contributed by atoms with Crippen LogP contribution in [0.15, 0.2) is 42.5 Å². The minimum atomic E-state index is -0.226. The number of aryl methyl sites for hydroxylation is 2. The molecule has 0 radical (unpaired) electrons. The van der Waals surface area contributed by atoms with Crippen molar-refractivity contribution in [1.29, 1.82) is 0 Å². The number of benzene rings is 2. The number of hydrogen-bond donors (Lipinski definition) is 0. The predicted molar refractivity (Wildman–Crippen MR) is 110 cm³/mol. The molecule has 1 saturated heterocycles. The smallest absolute Gasteiger partial charge is 0.123 e. The molecule has 0 saturated carbocycles. The topological polar surface area (TPSA) is 30.3 Å². The monoisotopic (exact) mass is 381 g/mol. The van der Waals surface area contributed by atoms with Gasteiger partial charge >= 0.3 is 0 Å². The Bertz CT molecular complexity index is 927.